The molecule has 0 radical (unpaired) electrons. The highest BCUT2D eigenvalue weighted by atomic mass is 16.3. The molecular weight excluding hydrogens is 212 g/mol. The predicted octanol–water partition coefficient (Wildman–Crippen LogP) is 3.20. The maximum absolute atomic E-state index is 10.2. The van der Waals surface area contributed by atoms with Crippen LogP contribution in [0, 0.1) is 5.41 Å². The lowest BCUT2D eigenvalue weighted by Gasteiger charge is -2.29. The number of rotatable bonds is 0. The van der Waals surface area contributed by atoms with Crippen molar-refractivity contribution in [3.8, 4) is 0 Å². The zero-order valence-corrected chi connectivity index (χ0v) is 11.5. The molecule has 17 heavy (non-hydrogen) atoms. The standard InChI is InChI=1S/C15H26O2/c1-11-6-5-9-15(3,4)14(17)10-12(2)13(16)8-7-11/h7,10,13-14,16-17H,5-6,8-9H2,1-4H3/b11-7+,12-10+. The largest absolute Gasteiger partial charge is 0.388 e. The highest BCUT2D eigenvalue weighted by molar-refractivity contribution is 5.13. The molecule has 0 saturated heterocycles. The van der Waals surface area contributed by atoms with E-state index in [0.29, 0.717) is 6.42 Å². The second-order valence-electron chi connectivity index (χ2n) is 6.00. The van der Waals surface area contributed by atoms with Crippen molar-refractivity contribution in [2.45, 2.75) is 65.6 Å². The second-order valence-corrected chi connectivity index (χ2v) is 6.00. The van der Waals surface area contributed by atoms with Gasteiger partial charge in [0, 0.05) is 0 Å². The highest BCUT2D eigenvalue weighted by Gasteiger charge is 2.26. The summed E-state index contributed by atoms with van der Waals surface area (Å²) in [6, 6.07) is 0. The SMILES string of the molecule is C/C1=C\CC(O)/C(C)=C/C(O)C(C)(C)CCC1. The maximum atomic E-state index is 10.2. The topological polar surface area (TPSA) is 40.5 Å². The Balaban J connectivity index is 2.92. The molecule has 2 N–H and O–H groups in total. The third kappa shape index (κ3) is 4.29. The van der Waals surface area contributed by atoms with Crippen molar-refractivity contribution in [2.75, 3.05) is 0 Å². The van der Waals surface area contributed by atoms with Crippen LogP contribution >= 0.6 is 0 Å². The molecule has 0 heterocycles. The Bertz CT molecular complexity index is 313. The number of aliphatic hydroxyl groups excluding tert-OH is 2. The molecular formula is C15H26O2. The zero-order valence-electron chi connectivity index (χ0n) is 11.5. The van der Waals surface area contributed by atoms with E-state index in [4.69, 9.17) is 0 Å². The summed E-state index contributed by atoms with van der Waals surface area (Å²) < 4.78 is 0. The average Bonchev–Trinajstić information content (AvgIpc) is 2.25. The Hall–Kier alpha value is -0.600. The first kappa shape index (κ1) is 14.5. The van der Waals surface area contributed by atoms with E-state index >= 15 is 0 Å². The molecule has 0 aromatic carbocycles. The van der Waals surface area contributed by atoms with Crippen LogP contribution in [0.15, 0.2) is 23.3 Å². The Kier molecular flexibility index (Phi) is 4.96. The van der Waals surface area contributed by atoms with Crippen molar-refractivity contribution < 1.29 is 10.2 Å². The Labute approximate surface area is 105 Å². The summed E-state index contributed by atoms with van der Waals surface area (Å²) >= 11 is 0. The molecule has 0 spiro atoms. The lowest BCUT2D eigenvalue weighted by molar-refractivity contribution is 0.0797. The molecule has 0 fully saturated rings. The van der Waals surface area contributed by atoms with Gasteiger partial charge in [0.1, 0.15) is 0 Å². The normalized spacial score (nSPS) is 37.3. The summed E-state index contributed by atoms with van der Waals surface area (Å²) in [6.07, 6.45) is 6.80. The van der Waals surface area contributed by atoms with Gasteiger partial charge < -0.3 is 10.2 Å². The van der Waals surface area contributed by atoms with Crippen LogP contribution in [0.1, 0.15) is 53.4 Å². The Morgan fingerprint density at radius 2 is 1.88 bits per heavy atom. The summed E-state index contributed by atoms with van der Waals surface area (Å²) in [6.45, 7) is 8.19. The van der Waals surface area contributed by atoms with Gasteiger partial charge in [0.05, 0.1) is 12.2 Å². The van der Waals surface area contributed by atoms with E-state index in [0.717, 1.165) is 24.8 Å². The van der Waals surface area contributed by atoms with Gasteiger partial charge in [-0.2, -0.15) is 0 Å². The molecule has 2 heteroatoms. The molecule has 2 unspecified atom stereocenters. The molecule has 2 atom stereocenters. The molecule has 0 bridgehead atoms. The van der Waals surface area contributed by atoms with Crippen LogP contribution in [-0.2, 0) is 0 Å². The summed E-state index contributed by atoms with van der Waals surface area (Å²) in [5.74, 6) is 0. The minimum atomic E-state index is -0.476. The van der Waals surface area contributed by atoms with Gasteiger partial charge in [0.15, 0.2) is 0 Å². The molecule has 1 rings (SSSR count). The van der Waals surface area contributed by atoms with Crippen LogP contribution in [-0.4, -0.2) is 22.4 Å². The second kappa shape index (κ2) is 5.83. The average molecular weight is 238 g/mol. The molecule has 98 valence electrons. The van der Waals surface area contributed by atoms with Crippen molar-refractivity contribution in [2.24, 2.45) is 5.41 Å². The molecule has 0 aromatic rings. The van der Waals surface area contributed by atoms with Crippen LogP contribution in [0.3, 0.4) is 0 Å². The van der Waals surface area contributed by atoms with E-state index in [2.05, 4.69) is 26.8 Å². The summed E-state index contributed by atoms with van der Waals surface area (Å²) in [5, 5.41) is 20.2. The summed E-state index contributed by atoms with van der Waals surface area (Å²) in [7, 11) is 0. The van der Waals surface area contributed by atoms with Crippen molar-refractivity contribution in [3.05, 3.63) is 23.3 Å². The molecule has 0 aromatic heterocycles. The maximum Gasteiger partial charge on any atom is 0.0782 e. The smallest absolute Gasteiger partial charge is 0.0782 e. The number of hydrogen-bond acceptors (Lipinski definition) is 2. The lowest BCUT2D eigenvalue weighted by atomic mass is 9.80. The van der Waals surface area contributed by atoms with Gasteiger partial charge in [-0.3, -0.25) is 0 Å². The first-order valence-electron chi connectivity index (χ1n) is 6.53. The third-order valence-corrected chi connectivity index (χ3v) is 3.83. The van der Waals surface area contributed by atoms with E-state index in [1.807, 2.05) is 13.0 Å². The van der Waals surface area contributed by atoms with E-state index in [1.54, 1.807) is 0 Å². The molecule has 0 aliphatic heterocycles. The van der Waals surface area contributed by atoms with E-state index < -0.39 is 12.2 Å². The summed E-state index contributed by atoms with van der Waals surface area (Å²) in [4.78, 5) is 0. The summed E-state index contributed by atoms with van der Waals surface area (Å²) in [5.41, 5.74) is 2.09. The van der Waals surface area contributed by atoms with Gasteiger partial charge in [-0.25, -0.2) is 0 Å². The quantitative estimate of drug-likeness (QED) is 0.636. The Morgan fingerprint density at radius 1 is 1.24 bits per heavy atom. The van der Waals surface area contributed by atoms with Gasteiger partial charge in [-0.1, -0.05) is 31.6 Å². The fourth-order valence-electron chi connectivity index (χ4n) is 2.16. The monoisotopic (exact) mass is 238 g/mol. The van der Waals surface area contributed by atoms with Gasteiger partial charge in [-0.15, -0.1) is 0 Å². The first-order valence-corrected chi connectivity index (χ1v) is 6.53. The van der Waals surface area contributed by atoms with Crippen LogP contribution in [0.5, 0.6) is 0 Å². The minimum absolute atomic E-state index is 0.119. The van der Waals surface area contributed by atoms with Gasteiger partial charge in [-0.05, 0) is 50.5 Å². The number of hydrogen-bond donors (Lipinski definition) is 2. The van der Waals surface area contributed by atoms with Gasteiger partial charge in [0.25, 0.3) is 0 Å². The van der Waals surface area contributed by atoms with Crippen molar-refractivity contribution in [1.29, 1.82) is 0 Å². The van der Waals surface area contributed by atoms with Crippen molar-refractivity contribution in [3.63, 3.8) is 0 Å². The van der Waals surface area contributed by atoms with E-state index in [9.17, 15) is 10.2 Å². The highest BCUT2D eigenvalue weighted by Crippen LogP contribution is 2.31. The zero-order chi connectivity index (χ0) is 13.1. The van der Waals surface area contributed by atoms with Gasteiger partial charge in [0.2, 0.25) is 0 Å². The predicted molar refractivity (Wildman–Crippen MR) is 71.8 cm³/mol. The van der Waals surface area contributed by atoms with Gasteiger partial charge >= 0.3 is 0 Å². The number of aliphatic hydroxyl groups is 2. The fraction of sp³-hybridized carbons (Fsp3) is 0.733. The molecule has 0 amide bonds. The molecule has 1 aliphatic carbocycles. The Morgan fingerprint density at radius 3 is 2.53 bits per heavy atom. The minimum Gasteiger partial charge on any atom is -0.388 e. The van der Waals surface area contributed by atoms with E-state index in [1.165, 1.54) is 5.57 Å². The lowest BCUT2D eigenvalue weighted by Crippen LogP contribution is -2.28. The van der Waals surface area contributed by atoms with Crippen LogP contribution in [0.4, 0.5) is 0 Å². The van der Waals surface area contributed by atoms with Crippen LogP contribution in [0.25, 0.3) is 0 Å². The van der Waals surface area contributed by atoms with Crippen LogP contribution in [0.2, 0.25) is 0 Å². The third-order valence-electron chi connectivity index (χ3n) is 3.83. The van der Waals surface area contributed by atoms with Crippen molar-refractivity contribution >= 4 is 0 Å². The first-order chi connectivity index (χ1) is 7.83. The molecule has 1 aliphatic rings. The number of allylic oxidation sites excluding steroid dienone is 1. The molecule has 2 nitrogen and oxygen atoms in total. The van der Waals surface area contributed by atoms with E-state index in [-0.39, 0.29) is 5.41 Å². The molecule has 0 saturated carbocycles. The fourth-order valence-corrected chi connectivity index (χ4v) is 2.16. The van der Waals surface area contributed by atoms with Crippen LogP contribution < -0.4 is 0 Å². The van der Waals surface area contributed by atoms with Crippen molar-refractivity contribution in [1.82, 2.24) is 0 Å².